The molecule has 3 aromatic rings. The van der Waals surface area contributed by atoms with Crippen molar-refractivity contribution in [3.05, 3.63) is 66.5 Å². The van der Waals surface area contributed by atoms with E-state index in [4.69, 9.17) is 5.73 Å². The second kappa shape index (κ2) is 6.97. The van der Waals surface area contributed by atoms with Crippen LogP contribution in [-0.2, 0) is 11.3 Å². The summed E-state index contributed by atoms with van der Waals surface area (Å²) in [7, 11) is 0. The molecule has 2 saturated heterocycles. The molecule has 2 aliphatic heterocycles. The number of carbonyl (C=O) groups excluding carboxylic acids is 1. The van der Waals surface area contributed by atoms with Gasteiger partial charge in [-0.15, -0.1) is 0 Å². The SMILES string of the molecule is NC(C(=O)N1C2CCC1CC(O)(Cn1ccc3ncccc31)C2)c1ccccc1. The Hall–Kier alpha value is -2.70. The molecule has 1 amide bonds. The zero-order chi connectivity index (χ0) is 20.0. The number of aromatic nitrogens is 2. The fraction of sp³-hybridized carbons (Fsp3) is 0.391. The summed E-state index contributed by atoms with van der Waals surface area (Å²) < 4.78 is 2.08. The van der Waals surface area contributed by atoms with Crippen LogP contribution in [0.2, 0.25) is 0 Å². The van der Waals surface area contributed by atoms with Gasteiger partial charge in [-0.2, -0.15) is 0 Å². The maximum Gasteiger partial charge on any atom is 0.244 e. The quantitative estimate of drug-likeness (QED) is 0.717. The summed E-state index contributed by atoms with van der Waals surface area (Å²) in [5.74, 6) is -0.0265. The molecule has 2 fully saturated rings. The molecule has 0 spiro atoms. The summed E-state index contributed by atoms with van der Waals surface area (Å²) in [5, 5.41) is 11.4. The molecule has 150 valence electrons. The van der Waals surface area contributed by atoms with E-state index in [1.165, 1.54) is 0 Å². The molecule has 6 heteroatoms. The van der Waals surface area contributed by atoms with Crippen LogP contribution in [0.25, 0.3) is 11.0 Å². The molecular formula is C23H26N4O2. The summed E-state index contributed by atoms with van der Waals surface area (Å²) >= 11 is 0. The number of amides is 1. The normalized spacial score (nSPS) is 27.3. The molecule has 3 N–H and O–H groups in total. The number of hydrogen-bond donors (Lipinski definition) is 2. The molecule has 0 aliphatic carbocycles. The minimum absolute atomic E-state index is 0.0265. The third kappa shape index (κ3) is 3.22. The Balaban J connectivity index is 1.35. The summed E-state index contributed by atoms with van der Waals surface area (Å²) in [4.78, 5) is 19.5. The fourth-order valence-corrected chi connectivity index (χ4v) is 5.25. The third-order valence-corrected chi connectivity index (χ3v) is 6.53. The number of benzene rings is 1. The van der Waals surface area contributed by atoms with Crippen LogP contribution >= 0.6 is 0 Å². The number of pyridine rings is 1. The second-order valence-corrected chi connectivity index (χ2v) is 8.50. The predicted molar refractivity (Wildman–Crippen MR) is 111 cm³/mol. The number of nitrogens with zero attached hydrogens (tertiary/aromatic N) is 3. The lowest BCUT2D eigenvalue weighted by Crippen LogP contribution is -2.56. The van der Waals surface area contributed by atoms with E-state index in [-0.39, 0.29) is 18.0 Å². The molecule has 3 unspecified atom stereocenters. The van der Waals surface area contributed by atoms with Crippen LogP contribution in [0.1, 0.15) is 37.3 Å². The van der Waals surface area contributed by atoms with E-state index in [9.17, 15) is 9.90 Å². The number of fused-ring (bicyclic) bond motifs is 3. The van der Waals surface area contributed by atoms with Gasteiger partial charge in [0.15, 0.2) is 0 Å². The average Bonchev–Trinajstić information content (AvgIpc) is 3.26. The van der Waals surface area contributed by atoms with Gasteiger partial charge in [0.25, 0.3) is 0 Å². The smallest absolute Gasteiger partial charge is 0.244 e. The monoisotopic (exact) mass is 390 g/mol. The van der Waals surface area contributed by atoms with E-state index in [0.717, 1.165) is 29.4 Å². The van der Waals surface area contributed by atoms with Gasteiger partial charge in [0.1, 0.15) is 6.04 Å². The maximum atomic E-state index is 13.2. The molecule has 6 nitrogen and oxygen atoms in total. The molecule has 2 aromatic heterocycles. The Morgan fingerprint density at radius 3 is 2.59 bits per heavy atom. The molecule has 5 rings (SSSR count). The van der Waals surface area contributed by atoms with Crippen molar-refractivity contribution in [1.29, 1.82) is 0 Å². The Kier molecular flexibility index (Phi) is 4.41. The molecular weight excluding hydrogens is 364 g/mol. The van der Waals surface area contributed by atoms with Crippen LogP contribution in [0.3, 0.4) is 0 Å². The summed E-state index contributed by atoms with van der Waals surface area (Å²) in [5.41, 5.74) is 8.26. The number of nitrogens with two attached hydrogens (primary N) is 1. The third-order valence-electron chi connectivity index (χ3n) is 6.53. The van der Waals surface area contributed by atoms with Gasteiger partial charge in [0.2, 0.25) is 5.91 Å². The second-order valence-electron chi connectivity index (χ2n) is 8.50. The lowest BCUT2D eigenvalue weighted by atomic mass is 9.85. The van der Waals surface area contributed by atoms with Crippen molar-refractivity contribution in [2.24, 2.45) is 5.73 Å². The van der Waals surface area contributed by atoms with Crippen LogP contribution in [0.15, 0.2) is 60.9 Å². The minimum atomic E-state index is -0.832. The molecule has 2 bridgehead atoms. The number of aliphatic hydroxyl groups is 1. The van der Waals surface area contributed by atoms with Crippen molar-refractivity contribution < 1.29 is 9.90 Å². The van der Waals surface area contributed by atoms with Crippen molar-refractivity contribution >= 4 is 16.9 Å². The van der Waals surface area contributed by atoms with Crippen LogP contribution < -0.4 is 5.73 Å². The molecule has 29 heavy (non-hydrogen) atoms. The highest BCUT2D eigenvalue weighted by Gasteiger charge is 2.50. The van der Waals surface area contributed by atoms with E-state index < -0.39 is 11.6 Å². The number of piperidine rings is 1. The van der Waals surface area contributed by atoms with Gasteiger partial charge in [-0.05, 0) is 49.4 Å². The van der Waals surface area contributed by atoms with Crippen molar-refractivity contribution in [2.75, 3.05) is 0 Å². The van der Waals surface area contributed by atoms with Crippen molar-refractivity contribution in [2.45, 2.75) is 56.0 Å². The molecule has 0 saturated carbocycles. The van der Waals surface area contributed by atoms with E-state index in [1.54, 1.807) is 6.20 Å². The van der Waals surface area contributed by atoms with Crippen molar-refractivity contribution in [3.8, 4) is 0 Å². The van der Waals surface area contributed by atoms with E-state index in [1.807, 2.05) is 59.6 Å². The summed E-state index contributed by atoms with van der Waals surface area (Å²) in [6.07, 6.45) is 6.78. The largest absolute Gasteiger partial charge is 0.388 e. The topological polar surface area (TPSA) is 84.4 Å². The number of hydrogen-bond acceptors (Lipinski definition) is 4. The first-order chi connectivity index (χ1) is 14.0. The van der Waals surface area contributed by atoms with Crippen molar-refractivity contribution in [1.82, 2.24) is 14.5 Å². The Morgan fingerprint density at radius 2 is 1.86 bits per heavy atom. The summed E-state index contributed by atoms with van der Waals surface area (Å²) in [6.45, 7) is 0.516. The zero-order valence-corrected chi connectivity index (χ0v) is 16.3. The first-order valence-electron chi connectivity index (χ1n) is 10.3. The lowest BCUT2D eigenvalue weighted by molar-refractivity contribution is -0.143. The van der Waals surface area contributed by atoms with Crippen LogP contribution in [0.5, 0.6) is 0 Å². The van der Waals surface area contributed by atoms with E-state index >= 15 is 0 Å². The standard InChI is InChI=1S/C23H26N4O2/c24-21(16-5-2-1-3-6-16)22(28)27-17-8-9-18(27)14-23(29,13-17)15-26-12-10-19-20(26)7-4-11-25-19/h1-7,10-12,17-18,21,29H,8-9,13-15,24H2. The van der Waals surface area contributed by atoms with E-state index in [2.05, 4.69) is 9.55 Å². The Bertz CT molecular complexity index is 1020. The number of rotatable bonds is 4. The highest BCUT2D eigenvalue weighted by atomic mass is 16.3. The first kappa shape index (κ1) is 18.3. The fourth-order valence-electron chi connectivity index (χ4n) is 5.25. The molecule has 2 aliphatic rings. The van der Waals surface area contributed by atoms with Crippen LogP contribution in [0.4, 0.5) is 0 Å². The average molecular weight is 390 g/mol. The highest BCUT2D eigenvalue weighted by molar-refractivity contribution is 5.84. The lowest BCUT2D eigenvalue weighted by Gasteiger charge is -2.44. The van der Waals surface area contributed by atoms with Gasteiger partial charge in [-0.3, -0.25) is 9.78 Å². The van der Waals surface area contributed by atoms with Gasteiger partial charge in [-0.25, -0.2) is 0 Å². The van der Waals surface area contributed by atoms with Gasteiger partial charge in [0, 0.05) is 24.5 Å². The van der Waals surface area contributed by atoms with Gasteiger partial charge >= 0.3 is 0 Å². The molecule has 0 radical (unpaired) electrons. The van der Waals surface area contributed by atoms with Gasteiger partial charge in [0.05, 0.1) is 23.2 Å². The Morgan fingerprint density at radius 1 is 1.14 bits per heavy atom. The first-order valence-corrected chi connectivity index (χ1v) is 10.3. The van der Waals surface area contributed by atoms with Crippen LogP contribution in [0, 0.1) is 0 Å². The Labute approximate surface area is 170 Å². The maximum absolute atomic E-state index is 13.2. The highest BCUT2D eigenvalue weighted by Crippen LogP contribution is 2.42. The zero-order valence-electron chi connectivity index (χ0n) is 16.3. The van der Waals surface area contributed by atoms with Gasteiger partial charge < -0.3 is 20.3 Å². The van der Waals surface area contributed by atoms with E-state index in [0.29, 0.717) is 19.4 Å². The molecule has 4 heterocycles. The minimum Gasteiger partial charge on any atom is -0.388 e. The van der Waals surface area contributed by atoms with Crippen LogP contribution in [-0.4, -0.2) is 43.1 Å². The molecule has 1 aromatic carbocycles. The van der Waals surface area contributed by atoms with Gasteiger partial charge in [-0.1, -0.05) is 30.3 Å². The predicted octanol–water partition coefficient (Wildman–Crippen LogP) is 2.62. The number of carbonyl (C=O) groups is 1. The molecule has 3 atom stereocenters. The van der Waals surface area contributed by atoms with Crippen molar-refractivity contribution in [3.63, 3.8) is 0 Å². The summed E-state index contributed by atoms with van der Waals surface area (Å²) in [6, 6.07) is 14.9.